The average molecular weight is 521 g/mol. The highest BCUT2D eigenvalue weighted by molar-refractivity contribution is 5.44. The maximum atomic E-state index is 12.5. The maximum absolute atomic E-state index is 12.5. The average Bonchev–Trinajstić information content (AvgIpc) is 2.80. The summed E-state index contributed by atoms with van der Waals surface area (Å²) in [7, 11) is 6.63. The molecule has 1 rings (SSSR count). The van der Waals surface area contributed by atoms with E-state index in [2.05, 4.69) is 26.0 Å². The first-order valence-electron chi connectivity index (χ1n) is 15.4. The van der Waals surface area contributed by atoms with Gasteiger partial charge in [0.15, 0.2) is 0 Å². The maximum Gasteiger partial charge on any atom is 0.137 e. The second-order valence-corrected chi connectivity index (χ2v) is 12.2. The molecular formula is C32H60N2O3. The Morgan fingerprint density at radius 2 is 0.919 bits per heavy atom. The van der Waals surface area contributed by atoms with Gasteiger partial charge in [-0.3, -0.25) is 0 Å². The lowest BCUT2D eigenvalue weighted by molar-refractivity contribution is -0.854. The van der Waals surface area contributed by atoms with Crippen LogP contribution in [0.1, 0.15) is 133 Å². The lowest BCUT2D eigenvalue weighted by Gasteiger charge is -2.36. The Kier molecular flexibility index (Phi) is 17.4. The van der Waals surface area contributed by atoms with E-state index in [1.807, 2.05) is 0 Å². The first-order chi connectivity index (χ1) is 17.6. The Hall–Kier alpha value is -1.14. The second-order valence-electron chi connectivity index (χ2n) is 12.2. The van der Waals surface area contributed by atoms with Gasteiger partial charge in [-0.25, -0.2) is 0 Å². The van der Waals surface area contributed by atoms with Crippen LogP contribution in [0.25, 0.3) is 0 Å². The van der Waals surface area contributed by atoms with Crippen LogP contribution < -0.4 is 4.74 Å². The molecule has 0 spiro atoms. The van der Waals surface area contributed by atoms with Crippen molar-refractivity contribution in [2.45, 2.75) is 136 Å². The normalized spacial score (nSPS) is 12.3. The Bertz CT molecular complexity index is 670. The summed E-state index contributed by atoms with van der Waals surface area (Å²) in [6, 6.07) is 4.18. The van der Waals surface area contributed by atoms with Crippen LogP contribution in [0, 0.1) is 10.4 Å². The summed E-state index contributed by atoms with van der Waals surface area (Å²) < 4.78 is 5.47. The number of rotatable bonds is 23. The molecule has 0 unspecified atom stereocenters. The van der Waals surface area contributed by atoms with Crippen LogP contribution >= 0.6 is 0 Å². The third kappa shape index (κ3) is 17.9. The predicted molar refractivity (Wildman–Crippen MR) is 159 cm³/mol. The van der Waals surface area contributed by atoms with Crippen LogP contribution in [0.2, 0.25) is 0 Å². The number of aryl methyl sites for hydroxylation is 1. The number of quaternary nitrogens is 2. The highest BCUT2D eigenvalue weighted by atomic mass is 16.5. The van der Waals surface area contributed by atoms with E-state index in [9.17, 15) is 10.4 Å². The van der Waals surface area contributed by atoms with Crippen molar-refractivity contribution in [3.8, 4) is 5.75 Å². The Morgan fingerprint density at radius 1 is 0.568 bits per heavy atom. The number of ether oxygens (including phenoxy) is 1. The summed E-state index contributed by atoms with van der Waals surface area (Å²) in [6.07, 6.45) is 22.4. The molecule has 0 radical (unpaired) electrons. The minimum absolute atomic E-state index is 0.349. The van der Waals surface area contributed by atoms with Crippen LogP contribution in [0.4, 0.5) is 0 Å². The molecule has 0 atom stereocenters. The van der Waals surface area contributed by atoms with Crippen molar-refractivity contribution in [1.82, 2.24) is 0 Å². The molecule has 5 heteroatoms. The van der Waals surface area contributed by atoms with Gasteiger partial charge in [0, 0.05) is 11.1 Å². The van der Waals surface area contributed by atoms with Gasteiger partial charge in [-0.05, 0) is 30.5 Å². The molecule has 0 saturated heterocycles. The van der Waals surface area contributed by atoms with Gasteiger partial charge < -0.3 is 24.4 Å². The van der Waals surface area contributed by atoms with Crippen molar-refractivity contribution in [1.29, 1.82) is 0 Å². The van der Waals surface area contributed by atoms with E-state index >= 15 is 0 Å². The van der Waals surface area contributed by atoms with E-state index in [-0.39, 0.29) is 0 Å². The molecule has 0 aliphatic heterocycles. The molecule has 5 nitrogen and oxygen atoms in total. The summed E-state index contributed by atoms with van der Waals surface area (Å²) in [5.41, 5.74) is 3.01. The summed E-state index contributed by atoms with van der Waals surface area (Å²) in [4.78, 5) is 0. The number of nitrogens with zero attached hydrogens (tertiary/aromatic N) is 2. The zero-order valence-corrected chi connectivity index (χ0v) is 25.4. The largest absolute Gasteiger partial charge is 0.633 e. The van der Waals surface area contributed by atoms with Gasteiger partial charge in [0.25, 0.3) is 0 Å². The van der Waals surface area contributed by atoms with Gasteiger partial charge in [0.1, 0.15) is 18.8 Å². The lowest BCUT2D eigenvalue weighted by Crippen LogP contribution is -2.33. The van der Waals surface area contributed by atoms with Crippen LogP contribution in [-0.4, -0.2) is 44.1 Å². The highest BCUT2D eigenvalue weighted by Gasteiger charge is 2.19. The standard InChI is InChI=1S/C32H60N2O3/c1-7-9-10-11-12-13-14-15-16-17-18-19-20-21-22-23-24-37-32-30(27-33(3,4)35)25-29(8-2)26-31(32)28-34(5,6)36/h25-26H,7-24,27-28H2,1-6H3. The Morgan fingerprint density at radius 3 is 1.24 bits per heavy atom. The summed E-state index contributed by atoms with van der Waals surface area (Å²) in [6.45, 7) is 5.73. The van der Waals surface area contributed by atoms with Crippen molar-refractivity contribution in [3.63, 3.8) is 0 Å². The zero-order valence-electron chi connectivity index (χ0n) is 25.4. The predicted octanol–water partition coefficient (Wildman–Crippen LogP) is 9.04. The molecular weight excluding hydrogens is 460 g/mol. The number of hydroxylamine groups is 6. The number of unbranched alkanes of at least 4 members (excludes halogenated alkanes) is 15. The van der Waals surface area contributed by atoms with Gasteiger partial charge in [-0.1, -0.05) is 110 Å². The van der Waals surface area contributed by atoms with Gasteiger partial charge in [-0.15, -0.1) is 0 Å². The Labute approximate surface area is 229 Å². The van der Waals surface area contributed by atoms with E-state index < -0.39 is 9.29 Å². The smallest absolute Gasteiger partial charge is 0.137 e. The highest BCUT2D eigenvalue weighted by Crippen LogP contribution is 2.31. The lowest BCUT2D eigenvalue weighted by atomic mass is 10.0. The fourth-order valence-corrected chi connectivity index (χ4v) is 5.10. The molecule has 0 aromatic heterocycles. The molecule has 0 saturated carbocycles. The van der Waals surface area contributed by atoms with E-state index in [1.54, 1.807) is 28.2 Å². The van der Waals surface area contributed by atoms with Crippen LogP contribution in [0.15, 0.2) is 12.1 Å². The second kappa shape index (κ2) is 19.0. The SMILES string of the molecule is CCCCCCCCCCCCCCCCCCOc1c(C[N+](C)(C)[O-])cc(CC)cc1C[N+](C)(C)[O-]. The molecule has 1 aromatic carbocycles. The fraction of sp³-hybridized carbons (Fsp3) is 0.812. The number of hydrogen-bond acceptors (Lipinski definition) is 3. The molecule has 0 heterocycles. The monoisotopic (exact) mass is 520 g/mol. The van der Waals surface area contributed by atoms with Crippen LogP contribution in [0.3, 0.4) is 0 Å². The molecule has 0 aliphatic rings. The van der Waals surface area contributed by atoms with Crippen molar-refractivity contribution in [2.24, 2.45) is 0 Å². The van der Waals surface area contributed by atoms with Crippen LogP contribution in [-0.2, 0) is 19.5 Å². The number of benzene rings is 1. The molecule has 0 fully saturated rings. The quantitative estimate of drug-likeness (QED) is 0.0821. The first kappa shape index (κ1) is 33.9. The number of hydrogen-bond donors (Lipinski definition) is 0. The van der Waals surface area contributed by atoms with Gasteiger partial charge in [-0.2, -0.15) is 0 Å². The van der Waals surface area contributed by atoms with Crippen molar-refractivity contribution < 1.29 is 14.0 Å². The molecule has 0 aliphatic carbocycles. The van der Waals surface area contributed by atoms with Gasteiger partial charge in [0.05, 0.1) is 34.8 Å². The summed E-state index contributed by atoms with van der Waals surface area (Å²) >= 11 is 0. The van der Waals surface area contributed by atoms with E-state index in [1.165, 1.54) is 96.3 Å². The summed E-state index contributed by atoms with van der Waals surface area (Å²) in [5.74, 6) is 0.766. The van der Waals surface area contributed by atoms with Gasteiger partial charge in [0.2, 0.25) is 0 Å². The Balaban J connectivity index is 2.31. The van der Waals surface area contributed by atoms with E-state index in [0.717, 1.165) is 35.3 Å². The van der Waals surface area contributed by atoms with Crippen molar-refractivity contribution in [3.05, 3.63) is 39.2 Å². The van der Waals surface area contributed by atoms with E-state index in [0.29, 0.717) is 19.7 Å². The molecule has 0 amide bonds. The summed E-state index contributed by atoms with van der Waals surface area (Å²) in [5, 5.41) is 24.9. The molecule has 1 aromatic rings. The zero-order chi connectivity index (χ0) is 27.6. The third-order valence-corrected chi connectivity index (χ3v) is 7.06. The topological polar surface area (TPSA) is 55.3 Å². The molecule has 0 N–H and O–H groups in total. The first-order valence-corrected chi connectivity index (χ1v) is 15.4. The minimum Gasteiger partial charge on any atom is -0.633 e. The molecule has 0 bridgehead atoms. The third-order valence-electron chi connectivity index (χ3n) is 7.06. The fourth-order valence-electron chi connectivity index (χ4n) is 5.10. The van der Waals surface area contributed by atoms with Crippen molar-refractivity contribution >= 4 is 0 Å². The van der Waals surface area contributed by atoms with Crippen LogP contribution in [0.5, 0.6) is 5.75 Å². The van der Waals surface area contributed by atoms with Gasteiger partial charge >= 0.3 is 0 Å². The minimum atomic E-state index is -0.405. The molecule has 37 heavy (non-hydrogen) atoms. The van der Waals surface area contributed by atoms with Crippen molar-refractivity contribution in [2.75, 3.05) is 34.8 Å². The molecule has 216 valence electrons. The van der Waals surface area contributed by atoms with E-state index in [4.69, 9.17) is 4.74 Å².